The van der Waals surface area contributed by atoms with Crippen LogP contribution in [0.1, 0.15) is 21.5 Å². The van der Waals surface area contributed by atoms with Crippen LogP contribution in [0.4, 0.5) is 24.5 Å². The zero-order chi connectivity index (χ0) is 17.5. The third-order valence-electron chi connectivity index (χ3n) is 3.88. The second kappa shape index (κ2) is 5.63. The van der Waals surface area contributed by atoms with Gasteiger partial charge in [0.15, 0.2) is 0 Å². The lowest BCUT2D eigenvalue weighted by Gasteiger charge is -2.17. The van der Waals surface area contributed by atoms with E-state index < -0.39 is 22.6 Å². The van der Waals surface area contributed by atoms with E-state index >= 15 is 0 Å². The highest BCUT2D eigenvalue weighted by Crippen LogP contribution is 2.33. The Hall–Kier alpha value is -2.90. The zero-order valence-corrected chi connectivity index (χ0v) is 12.2. The van der Waals surface area contributed by atoms with E-state index in [-0.39, 0.29) is 11.3 Å². The van der Waals surface area contributed by atoms with Crippen molar-refractivity contribution in [2.24, 2.45) is 0 Å². The van der Waals surface area contributed by atoms with Crippen molar-refractivity contribution in [1.82, 2.24) is 0 Å². The number of alkyl halides is 3. The Morgan fingerprint density at radius 3 is 2.38 bits per heavy atom. The van der Waals surface area contributed by atoms with E-state index in [4.69, 9.17) is 0 Å². The van der Waals surface area contributed by atoms with Gasteiger partial charge in [-0.3, -0.25) is 14.9 Å². The summed E-state index contributed by atoms with van der Waals surface area (Å²) < 4.78 is 37.7. The van der Waals surface area contributed by atoms with Gasteiger partial charge in [-0.15, -0.1) is 0 Å². The van der Waals surface area contributed by atoms with Gasteiger partial charge < -0.3 is 4.90 Å². The fourth-order valence-electron chi connectivity index (χ4n) is 2.65. The van der Waals surface area contributed by atoms with Gasteiger partial charge in [0.1, 0.15) is 0 Å². The van der Waals surface area contributed by atoms with Gasteiger partial charge in [-0.1, -0.05) is 6.07 Å². The minimum absolute atomic E-state index is 0.0994. The maximum absolute atomic E-state index is 12.6. The topological polar surface area (TPSA) is 63.5 Å². The molecule has 0 saturated heterocycles. The van der Waals surface area contributed by atoms with E-state index in [1.165, 1.54) is 17.0 Å². The summed E-state index contributed by atoms with van der Waals surface area (Å²) in [6.45, 7) is 0.330. The van der Waals surface area contributed by atoms with E-state index in [9.17, 15) is 28.1 Å². The average Bonchev–Trinajstić information content (AvgIpc) is 2.96. The van der Waals surface area contributed by atoms with Gasteiger partial charge >= 0.3 is 6.18 Å². The highest BCUT2D eigenvalue weighted by atomic mass is 19.4. The summed E-state index contributed by atoms with van der Waals surface area (Å²) in [5.74, 6) is -0.483. The minimum Gasteiger partial charge on any atom is -0.308 e. The largest absolute Gasteiger partial charge is 0.416 e. The Morgan fingerprint density at radius 2 is 1.79 bits per heavy atom. The van der Waals surface area contributed by atoms with Crippen LogP contribution < -0.4 is 4.90 Å². The average molecular weight is 336 g/mol. The molecule has 0 atom stereocenters. The van der Waals surface area contributed by atoms with Crippen molar-refractivity contribution in [2.45, 2.75) is 12.6 Å². The van der Waals surface area contributed by atoms with E-state index in [2.05, 4.69) is 0 Å². The van der Waals surface area contributed by atoms with E-state index in [1.807, 2.05) is 0 Å². The lowest BCUT2D eigenvalue weighted by Crippen LogP contribution is -2.29. The molecule has 0 aliphatic carbocycles. The second-order valence-corrected chi connectivity index (χ2v) is 5.35. The van der Waals surface area contributed by atoms with Crippen LogP contribution in [0.15, 0.2) is 42.5 Å². The van der Waals surface area contributed by atoms with Crippen LogP contribution in [0.2, 0.25) is 0 Å². The summed E-state index contributed by atoms with van der Waals surface area (Å²) in [5, 5.41) is 10.9. The number of anilines is 1. The number of non-ortho nitro benzene ring substituents is 1. The zero-order valence-electron chi connectivity index (χ0n) is 12.2. The molecule has 5 nitrogen and oxygen atoms in total. The van der Waals surface area contributed by atoms with E-state index in [0.717, 1.165) is 29.8 Å². The molecule has 0 fully saturated rings. The molecule has 24 heavy (non-hydrogen) atoms. The molecule has 0 spiro atoms. The molecule has 8 heteroatoms. The summed E-state index contributed by atoms with van der Waals surface area (Å²) >= 11 is 0. The number of carbonyl (C=O) groups excluding carboxylic acids is 1. The SMILES string of the molecule is O=C(c1ccc(C(F)(F)F)cc1)N1CCc2ccc([N+](=O)[O-])cc21. The van der Waals surface area contributed by atoms with Crippen molar-refractivity contribution in [3.8, 4) is 0 Å². The van der Waals surface area contributed by atoms with Crippen LogP contribution in [0.25, 0.3) is 0 Å². The van der Waals surface area contributed by atoms with Crippen LogP contribution in [-0.4, -0.2) is 17.4 Å². The molecular weight excluding hydrogens is 325 g/mol. The molecule has 1 aliphatic rings. The standard InChI is InChI=1S/C16H11F3N2O3/c17-16(18,19)12-4-1-11(2-5-12)15(22)20-8-7-10-3-6-13(21(23)24)9-14(10)20/h1-6,9H,7-8H2. The fraction of sp³-hybridized carbons (Fsp3) is 0.188. The molecule has 3 rings (SSSR count). The molecule has 0 bridgehead atoms. The molecule has 2 aromatic carbocycles. The van der Waals surface area contributed by atoms with E-state index in [1.54, 1.807) is 6.07 Å². The van der Waals surface area contributed by atoms with Crippen LogP contribution in [0.3, 0.4) is 0 Å². The summed E-state index contributed by atoms with van der Waals surface area (Å²) in [6.07, 6.45) is -3.93. The predicted octanol–water partition coefficient (Wildman–Crippen LogP) is 3.82. The number of hydrogen-bond donors (Lipinski definition) is 0. The second-order valence-electron chi connectivity index (χ2n) is 5.35. The molecule has 124 valence electrons. The molecule has 1 amide bonds. The van der Waals surface area contributed by atoms with Crippen molar-refractivity contribution < 1.29 is 22.9 Å². The Labute approximate surface area is 134 Å². The number of nitro benzene ring substituents is 1. The summed E-state index contributed by atoms with van der Waals surface area (Å²) in [6, 6.07) is 8.18. The van der Waals surface area contributed by atoms with Crippen molar-refractivity contribution in [3.63, 3.8) is 0 Å². The molecule has 0 N–H and O–H groups in total. The first-order valence-corrected chi connectivity index (χ1v) is 7.04. The highest BCUT2D eigenvalue weighted by Gasteiger charge is 2.31. The molecule has 1 heterocycles. The normalized spacial score (nSPS) is 13.7. The van der Waals surface area contributed by atoms with E-state index in [0.29, 0.717) is 18.7 Å². The van der Waals surface area contributed by atoms with Gasteiger partial charge in [0.2, 0.25) is 0 Å². The summed E-state index contributed by atoms with van der Waals surface area (Å²) in [7, 11) is 0. The first kappa shape index (κ1) is 16.0. The third kappa shape index (κ3) is 2.82. The number of fused-ring (bicyclic) bond motifs is 1. The maximum atomic E-state index is 12.6. The number of halogens is 3. The number of rotatable bonds is 2. The molecule has 0 radical (unpaired) electrons. The number of hydrogen-bond acceptors (Lipinski definition) is 3. The fourth-order valence-corrected chi connectivity index (χ4v) is 2.65. The van der Waals surface area contributed by atoms with Crippen molar-refractivity contribution in [2.75, 3.05) is 11.4 Å². The molecule has 0 aromatic heterocycles. The predicted molar refractivity (Wildman–Crippen MR) is 79.9 cm³/mol. The third-order valence-corrected chi connectivity index (χ3v) is 3.88. The van der Waals surface area contributed by atoms with Gasteiger partial charge in [0.25, 0.3) is 11.6 Å². The molecule has 0 saturated carbocycles. The maximum Gasteiger partial charge on any atom is 0.416 e. The first-order valence-electron chi connectivity index (χ1n) is 7.04. The van der Waals surface area contributed by atoms with Gasteiger partial charge in [0.05, 0.1) is 16.2 Å². The van der Waals surface area contributed by atoms with Gasteiger partial charge in [-0.05, 0) is 36.2 Å². The van der Waals surface area contributed by atoms with Gasteiger partial charge in [-0.25, -0.2) is 0 Å². The Balaban J connectivity index is 1.90. The van der Waals surface area contributed by atoms with Crippen molar-refractivity contribution in [1.29, 1.82) is 0 Å². The first-order chi connectivity index (χ1) is 11.3. The van der Waals surface area contributed by atoms with Gasteiger partial charge in [-0.2, -0.15) is 13.2 Å². The monoisotopic (exact) mass is 336 g/mol. The smallest absolute Gasteiger partial charge is 0.308 e. The van der Waals surface area contributed by atoms with Crippen LogP contribution in [0, 0.1) is 10.1 Å². The quantitative estimate of drug-likeness (QED) is 0.619. The summed E-state index contributed by atoms with van der Waals surface area (Å²) in [5.41, 5.74) is 0.342. The van der Waals surface area contributed by atoms with Crippen molar-refractivity contribution in [3.05, 3.63) is 69.3 Å². The highest BCUT2D eigenvalue weighted by molar-refractivity contribution is 6.07. The Kier molecular flexibility index (Phi) is 3.75. The number of nitrogens with zero attached hydrogens (tertiary/aromatic N) is 2. The molecular formula is C16H11F3N2O3. The van der Waals surface area contributed by atoms with Crippen LogP contribution in [0.5, 0.6) is 0 Å². The number of benzene rings is 2. The Morgan fingerprint density at radius 1 is 1.12 bits per heavy atom. The molecule has 0 unspecified atom stereocenters. The number of carbonyl (C=O) groups is 1. The number of nitro groups is 1. The molecule has 1 aliphatic heterocycles. The van der Waals surface area contributed by atoms with Gasteiger partial charge in [0, 0.05) is 24.2 Å². The number of amides is 1. The van der Waals surface area contributed by atoms with Crippen LogP contribution >= 0.6 is 0 Å². The van der Waals surface area contributed by atoms with Crippen LogP contribution in [-0.2, 0) is 12.6 Å². The minimum atomic E-state index is -4.47. The summed E-state index contributed by atoms with van der Waals surface area (Å²) in [4.78, 5) is 24.2. The van der Waals surface area contributed by atoms with Crippen molar-refractivity contribution >= 4 is 17.3 Å². The molecule has 2 aromatic rings. The lowest BCUT2D eigenvalue weighted by atomic mass is 10.1. The lowest BCUT2D eigenvalue weighted by molar-refractivity contribution is -0.384. The Bertz CT molecular complexity index is 816.